The molecule has 0 saturated heterocycles. The molecule has 57 heavy (non-hydrogen) atoms. The minimum Gasteiger partial charge on any atom is -0.462 e. The average molecular weight is 803 g/mol. The van der Waals surface area contributed by atoms with Crippen LogP contribution < -0.4 is 0 Å². The predicted molar refractivity (Wildman–Crippen MR) is 247 cm³/mol. The zero-order valence-corrected chi connectivity index (χ0v) is 38.4. The highest BCUT2D eigenvalue weighted by atomic mass is 16.6. The molecule has 0 aromatic rings. The van der Waals surface area contributed by atoms with Crippen molar-refractivity contribution in [2.75, 3.05) is 13.2 Å². The van der Waals surface area contributed by atoms with Gasteiger partial charge in [0.2, 0.25) is 0 Å². The molecule has 5 heteroatoms. The van der Waals surface area contributed by atoms with Crippen LogP contribution >= 0.6 is 0 Å². The molecule has 0 fully saturated rings. The first-order chi connectivity index (χ1) is 28.1. The SMILES string of the molecule is CCC/C=C\CCCCCCCC(=O)OCC(CO)OC(=O)CCCCCCCCCCCCCCCCCCCCCCC/C=C\CCCCCCCCCC. The van der Waals surface area contributed by atoms with Crippen molar-refractivity contribution < 1.29 is 24.2 Å². The number of hydrogen-bond acceptors (Lipinski definition) is 5. The fourth-order valence-electron chi connectivity index (χ4n) is 7.61. The summed E-state index contributed by atoms with van der Waals surface area (Å²) in [5.74, 6) is -0.592. The number of hydrogen-bond donors (Lipinski definition) is 1. The second kappa shape index (κ2) is 48.7. The van der Waals surface area contributed by atoms with Gasteiger partial charge in [0.15, 0.2) is 6.10 Å². The number of aliphatic hydroxyl groups is 1. The van der Waals surface area contributed by atoms with Crippen LogP contribution in [0.2, 0.25) is 0 Å². The first kappa shape index (κ1) is 55.4. The maximum atomic E-state index is 12.2. The lowest BCUT2D eigenvalue weighted by Gasteiger charge is -2.15. The lowest BCUT2D eigenvalue weighted by atomic mass is 10.0. The van der Waals surface area contributed by atoms with Crippen molar-refractivity contribution in [2.45, 2.75) is 283 Å². The molecule has 0 heterocycles. The fraction of sp³-hybridized carbons (Fsp3) is 0.885. The number of rotatable bonds is 47. The Hall–Kier alpha value is -1.62. The molecule has 0 amide bonds. The highest BCUT2D eigenvalue weighted by Gasteiger charge is 2.16. The smallest absolute Gasteiger partial charge is 0.306 e. The van der Waals surface area contributed by atoms with E-state index in [9.17, 15) is 14.7 Å². The molecule has 0 aliphatic carbocycles. The van der Waals surface area contributed by atoms with Gasteiger partial charge in [-0.2, -0.15) is 0 Å². The van der Waals surface area contributed by atoms with Crippen LogP contribution in [-0.2, 0) is 19.1 Å². The molecule has 0 bridgehead atoms. The van der Waals surface area contributed by atoms with Gasteiger partial charge in [-0.3, -0.25) is 9.59 Å². The predicted octanol–water partition coefficient (Wildman–Crippen LogP) is 16.6. The third-order valence-corrected chi connectivity index (χ3v) is 11.4. The third-order valence-electron chi connectivity index (χ3n) is 11.4. The molecule has 1 atom stereocenters. The van der Waals surface area contributed by atoms with E-state index in [1.165, 1.54) is 199 Å². The summed E-state index contributed by atoms with van der Waals surface area (Å²) in [4.78, 5) is 24.3. The first-order valence-corrected chi connectivity index (χ1v) is 25.4. The van der Waals surface area contributed by atoms with Gasteiger partial charge in [-0.05, 0) is 57.8 Å². The largest absolute Gasteiger partial charge is 0.462 e. The highest BCUT2D eigenvalue weighted by molar-refractivity contribution is 5.70. The Morgan fingerprint density at radius 1 is 0.386 bits per heavy atom. The quantitative estimate of drug-likeness (QED) is 0.0377. The Bertz CT molecular complexity index is 867. The maximum Gasteiger partial charge on any atom is 0.306 e. The van der Waals surface area contributed by atoms with Crippen LogP contribution in [0, 0.1) is 0 Å². The molecule has 0 aromatic heterocycles. The van der Waals surface area contributed by atoms with Crippen molar-refractivity contribution in [3.8, 4) is 0 Å². The van der Waals surface area contributed by atoms with Crippen LogP contribution in [0.4, 0.5) is 0 Å². The molecule has 0 aromatic carbocycles. The number of esters is 2. The summed E-state index contributed by atoms with van der Waals surface area (Å²) in [6.07, 6.45) is 60.2. The Morgan fingerprint density at radius 2 is 0.684 bits per heavy atom. The minimum atomic E-state index is -0.769. The average Bonchev–Trinajstić information content (AvgIpc) is 3.21. The van der Waals surface area contributed by atoms with Crippen LogP contribution in [0.1, 0.15) is 277 Å². The molecular formula is C52H98O5. The van der Waals surface area contributed by atoms with Crippen molar-refractivity contribution in [3.63, 3.8) is 0 Å². The summed E-state index contributed by atoms with van der Waals surface area (Å²) in [5, 5.41) is 9.57. The maximum absolute atomic E-state index is 12.2. The van der Waals surface area contributed by atoms with Gasteiger partial charge < -0.3 is 14.6 Å². The highest BCUT2D eigenvalue weighted by Crippen LogP contribution is 2.17. The summed E-state index contributed by atoms with van der Waals surface area (Å²) < 4.78 is 10.6. The molecule has 0 aliphatic heterocycles. The van der Waals surface area contributed by atoms with Crippen LogP contribution in [0.15, 0.2) is 24.3 Å². The number of unbranched alkanes of at least 4 members (excludes halogenated alkanes) is 35. The Balaban J connectivity index is 3.36. The lowest BCUT2D eigenvalue weighted by molar-refractivity contribution is -0.161. The summed E-state index contributed by atoms with van der Waals surface area (Å²) in [7, 11) is 0. The van der Waals surface area contributed by atoms with E-state index in [2.05, 4.69) is 38.2 Å². The molecule has 0 saturated carbocycles. The molecule has 5 nitrogen and oxygen atoms in total. The van der Waals surface area contributed by atoms with Crippen LogP contribution in [-0.4, -0.2) is 36.4 Å². The Labute approximate surface area is 355 Å². The summed E-state index contributed by atoms with van der Waals surface area (Å²) in [5.41, 5.74) is 0. The van der Waals surface area contributed by atoms with Gasteiger partial charge in [0, 0.05) is 12.8 Å². The molecule has 336 valence electrons. The molecule has 0 spiro atoms. The first-order valence-electron chi connectivity index (χ1n) is 25.4. The second-order valence-electron chi connectivity index (χ2n) is 17.2. The van der Waals surface area contributed by atoms with Crippen LogP contribution in [0.25, 0.3) is 0 Å². The van der Waals surface area contributed by atoms with E-state index in [-0.39, 0.29) is 25.2 Å². The molecule has 1 N–H and O–H groups in total. The Morgan fingerprint density at radius 3 is 1.02 bits per heavy atom. The molecule has 0 rings (SSSR count). The van der Waals surface area contributed by atoms with E-state index in [0.29, 0.717) is 12.8 Å². The van der Waals surface area contributed by atoms with Gasteiger partial charge in [0.25, 0.3) is 0 Å². The molecule has 0 radical (unpaired) electrons. The van der Waals surface area contributed by atoms with E-state index in [0.717, 1.165) is 51.4 Å². The monoisotopic (exact) mass is 803 g/mol. The summed E-state index contributed by atoms with van der Waals surface area (Å²) in [6.45, 7) is 4.09. The van der Waals surface area contributed by atoms with Crippen molar-refractivity contribution in [2.24, 2.45) is 0 Å². The van der Waals surface area contributed by atoms with Gasteiger partial charge in [-0.15, -0.1) is 0 Å². The number of ether oxygens (including phenoxy) is 2. The topological polar surface area (TPSA) is 72.8 Å². The van der Waals surface area contributed by atoms with E-state index in [4.69, 9.17) is 9.47 Å². The van der Waals surface area contributed by atoms with Gasteiger partial charge in [-0.25, -0.2) is 0 Å². The zero-order valence-electron chi connectivity index (χ0n) is 38.4. The number of allylic oxidation sites excluding steroid dienone is 4. The normalized spacial score (nSPS) is 12.3. The summed E-state index contributed by atoms with van der Waals surface area (Å²) in [6, 6.07) is 0. The Kier molecular flexibility index (Phi) is 47.4. The number of aliphatic hydroxyl groups excluding tert-OH is 1. The molecular weight excluding hydrogens is 705 g/mol. The van der Waals surface area contributed by atoms with Gasteiger partial charge in [-0.1, -0.05) is 231 Å². The zero-order chi connectivity index (χ0) is 41.4. The third kappa shape index (κ3) is 46.9. The van der Waals surface area contributed by atoms with E-state index >= 15 is 0 Å². The minimum absolute atomic E-state index is 0.0659. The van der Waals surface area contributed by atoms with Crippen LogP contribution in [0.5, 0.6) is 0 Å². The summed E-state index contributed by atoms with van der Waals surface area (Å²) >= 11 is 0. The second-order valence-corrected chi connectivity index (χ2v) is 17.2. The van der Waals surface area contributed by atoms with Crippen LogP contribution in [0.3, 0.4) is 0 Å². The van der Waals surface area contributed by atoms with E-state index in [1.807, 2.05) is 0 Å². The van der Waals surface area contributed by atoms with Gasteiger partial charge in [0.1, 0.15) is 6.61 Å². The fourth-order valence-corrected chi connectivity index (χ4v) is 7.61. The molecule has 1 unspecified atom stereocenters. The van der Waals surface area contributed by atoms with Gasteiger partial charge in [0.05, 0.1) is 6.61 Å². The number of carbonyl (C=O) groups is 2. The van der Waals surface area contributed by atoms with Crippen molar-refractivity contribution in [1.82, 2.24) is 0 Å². The lowest BCUT2D eigenvalue weighted by Crippen LogP contribution is -2.28. The van der Waals surface area contributed by atoms with Crippen molar-refractivity contribution >= 4 is 11.9 Å². The molecule has 0 aliphatic rings. The van der Waals surface area contributed by atoms with Gasteiger partial charge >= 0.3 is 11.9 Å². The van der Waals surface area contributed by atoms with Crippen molar-refractivity contribution in [3.05, 3.63) is 24.3 Å². The number of carbonyl (C=O) groups excluding carboxylic acids is 2. The van der Waals surface area contributed by atoms with Crippen molar-refractivity contribution in [1.29, 1.82) is 0 Å². The van der Waals surface area contributed by atoms with E-state index < -0.39 is 6.10 Å². The van der Waals surface area contributed by atoms with E-state index in [1.54, 1.807) is 0 Å². The standard InChI is InChI=1S/C52H98O5/c1-3-5-7-9-11-13-15-16-17-18-19-20-21-22-23-24-25-26-27-28-29-30-31-32-33-34-35-36-37-39-41-43-45-47-52(55)57-50(48-53)49-56-51(54)46-44-42-40-38-14-12-10-8-6-4-2/h8,10,18-19,50,53H,3-7,9,11-17,20-49H2,1-2H3/b10-8-,19-18-.